The van der Waals surface area contributed by atoms with Gasteiger partial charge in [-0.15, -0.1) is 0 Å². The molecule has 1 aromatic rings. The van der Waals surface area contributed by atoms with Crippen LogP contribution < -0.4 is 10.0 Å². The highest BCUT2D eigenvalue weighted by Gasteiger charge is 2.28. The van der Waals surface area contributed by atoms with Crippen molar-refractivity contribution in [3.63, 3.8) is 0 Å². The summed E-state index contributed by atoms with van der Waals surface area (Å²) in [6, 6.07) is 5.35. The lowest BCUT2D eigenvalue weighted by Crippen LogP contribution is -2.39. The average molecular weight is 329 g/mol. The summed E-state index contributed by atoms with van der Waals surface area (Å²) >= 11 is 1.73. The minimum Gasteiger partial charge on any atom is -0.384 e. The van der Waals surface area contributed by atoms with Gasteiger partial charge in [-0.25, -0.2) is 13.1 Å². The van der Waals surface area contributed by atoms with Crippen LogP contribution in [0, 0.1) is 0 Å². The molecule has 6 heteroatoms. The number of nitrogens with one attached hydrogen (secondary N) is 2. The normalized spacial score (nSPS) is 14.8. The van der Waals surface area contributed by atoms with Crippen LogP contribution in [0.25, 0.3) is 0 Å². The van der Waals surface area contributed by atoms with Gasteiger partial charge in [0.15, 0.2) is 0 Å². The maximum atomic E-state index is 12.5. The van der Waals surface area contributed by atoms with Crippen molar-refractivity contribution in [3.05, 3.63) is 23.8 Å². The van der Waals surface area contributed by atoms with Crippen molar-refractivity contribution in [2.24, 2.45) is 0 Å². The highest BCUT2D eigenvalue weighted by Crippen LogP contribution is 2.30. The molecule has 0 radical (unpaired) electrons. The summed E-state index contributed by atoms with van der Waals surface area (Å²) in [5.74, 6) is 0. The Labute approximate surface area is 132 Å². The zero-order valence-corrected chi connectivity index (χ0v) is 14.5. The van der Waals surface area contributed by atoms with E-state index in [4.69, 9.17) is 0 Å². The van der Waals surface area contributed by atoms with Crippen molar-refractivity contribution in [2.45, 2.75) is 42.8 Å². The molecule has 0 aromatic heterocycles. The lowest BCUT2D eigenvalue weighted by molar-refractivity contribution is 0.522. The first-order chi connectivity index (χ1) is 9.96. The van der Waals surface area contributed by atoms with Gasteiger partial charge in [-0.3, -0.25) is 0 Å². The number of benzene rings is 1. The second kappa shape index (κ2) is 6.58. The zero-order valence-electron chi connectivity index (χ0n) is 12.9. The van der Waals surface area contributed by atoms with Crippen LogP contribution in [0.2, 0.25) is 0 Å². The van der Waals surface area contributed by atoms with Gasteiger partial charge in [-0.05, 0) is 43.2 Å². The third-order valence-electron chi connectivity index (χ3n) is 4.41. The molecule has 4 nitrogen and oxygen atoms in total. The molecule has 1 aliphatic rings. The van der Waals surface area contributed by atoms with Gasteiger partial charge in [0.1, 0.15) is 0 Å². The highest BCUT2D eigenvalue weighted by molar-refractivity contribution is 8.00. The van der Waals surface area contributed by atoms with Crippen molar-refractivity contribution in [3.8, 4) is 0 Å². The molecule has 0 aliphatic carbocycles. The monoisotopic (exact) mass is 328 g/mol. The van der Waals surface area contributed by atoms with Crippen molar-refractivity contribution < 1.29 is 8.42 Å². The average Bonchev–Trinajstić information content (AvgIpc) is 2.96. The third kappa shape index (κ3) is 3.55. The summed E-state index contributed by atoms with van der Waals surface area (Å²) in [6.07, 6.45) is 4.89. The summed E-state index contributed by atoms with van der Waals surface area (Å²) < 4.78 is 27.7. The Morgan fingerprint density at radius 1 is 1.33 bits per heavy atom. The number of anilines is 1. The summed E-state index contributed by atoms with van der Waals surface area (Å²) in [7, 11) is -3.45. The molecule has 0 spiro atoms. The van der Waals surface area contributed by atoms with Crippen molar-refractivity contribution in [2.75, 3.05) is 24.7 Å². The fourth-order valence-corrected chi connectivity index (χ4v) is 4.65. The van der Waals surface area contributed by atoms with Gasteiger partial charge in [-0.2, -0.15) is 11.8 Å². The molecular formula is C15H24N2O2S2. The molecule has 21 heavy (non-hydrogen) atoms. The van der Waals surface area contributed by atoms with Crippen LogP contribution in [0.1, 0.15) is 32.3 Å². The lowest BCUT2D eigenvalue weighted by atomic mass is 10.0. The van der Waals surface area contributed by atoms with E-state index in [0.29, 0.717) is 11.4 Å². The zero-order chi connectivity index (χ0) is 15.5. The smallest absolute Gasteiger partial charge is 0.240 e. The molecule has 1 heterocycles. The maximum absolute atomic E-state index is 12.5. The summed E-state index contributed by atoms with van der Waals surface area (Å²) in [6.45, 7) is 5.56. The number of thioether (sulfide) groups is 1. The minimum atomic E-state index is -3.45. The molecule has 1 aromatic carbocycles. The fraction of sp³-hybridized carbons (Fsp3) is 0.600. The Kier molecular flexibility index (Phi) is 5.22. The van der Waals surface area contributed by atoms with E-state index in [2.05, 4.69) is 23.9 Å². The van der Waals surface area contributed by atoms with Crippen LogP contribution in [-0.2, 0) is 16.4 Å². The van der Waals surface area contributed by atoms with E-state index >= 15 is 0 Å². The highest BCUT2D eigenvalue weighted by atomic mass is 32.2. The van der Waals surface area contributed by atoms with E-state index in [1.807, 2.05) is 12.3 Å². The Morgan fingerprint density at radius 2 is 2.05 bits per heavy atom. The summed E-state index contributed by atoms with van der Waals surface area (Å²) in [4.78, 5) is 0.345. The molecule has 0 fully saturated rings. The first-order valence-electron chi connectivity index (χ1n) is 7.38. The predicted octanol–water partition coefficient (Wildman–Crippen LogP) is 2.85. The molecular weight excluding hydrogens is 304 g/mol. The first-order valence-corrected chi connectivity index (χ1v) is 10.1. The fourth-order valence-electron chi connectivity index (χ4n) is 2.61. The first kappa shape index (κ1) is 16.6. The molecule has 2 N–H and O–H groups in total. The van der Waals surface area contributed by atoms with Crippen LogP contribution in [-0.4, -0.2) is 32.5 Å². The van der Waals surface area contributed by atoms with Crippen LogP contribution in [0.5, 0.6) is 0 Å². The Morgan fingerprint density at radius 3 is 2.67 bits per heavy atom. The van der Waals surface area contributed by atoms with Gasteiger partial charge in [-0.1, -0.05) is 19.9 Å². The van der Waals surface area contributed by atoms with Gasteiger partial charge >= 0.3 is 0 Å². The van der Waals surface area contributed by atoms with Crippen LogP contribution in [0.4, 0.5) is 5.69 Å². The summed E-state index contributed by atoms with van der Waals surface area (Å²) in [5.41, 5.74) is 2.13. The number of hydrogen-bond donors (Lipinski definition) is 2. The topological polar surface area (TPSA) is 58.2 Å². The lowest BCUT2D eigenvalue weighted by Gasteiger charge is -2.29. The summed E-state index contributed by atoms with van der Waals surface area (Å²) in [5, 5.41) is 3.22. The number of rotatable bonds is 7. The molecule has 0 amide bonds. The Bertz CT molecular complexity index is 587. The number of sulfonamides is 1. The van der Waals surface area contributed by atoms with Gasteiger partial charge in [0, 0.05) is 23.5 Å². The number of hydrogen-bond acceptors (Lipinski definition) is 4. The van der Waals surface area contributed by atoms with Gasteiger partial charge in [0.2, 0.25) is 10.0 Å². The van der Waals surface area contributed by atoms with Crippen LogP contribution in [0.3, 0.4) is 0 Å². The van der Waals surface area contributed by atoms with E-state index in [9.17, 15) is 8.42 Å². The van der Waals surface area contributed by atoms with Crippen molar-refractivity contribution in [1.82, 2.24) is 4.72 Å². The van der Waals surface area contributed by atoms with Crippen LogP contribution >= 0.6 is 11.8 Å². The molecule has 0 bridgehead atoms. The quantitative estimate of drug-likeness (QED) is 0.808. The van der Waals surface area contributed by atoms with Crippen molar-refractivity contribution in [1.29, 1.82) is 0 Å². The Hall–Kier alpha value is -0.720. The van der Waals surface area contributed by atoms with E-state index in [-0.39, 0.29) is 4.75 Å². The second-order valence-corrected chi connectivity index (χ2v) is 8.46. The van der Waals surface area contributed by atoms with Gasteiger partial charge < -0.3 is 5.32 Å². The molecule has 0 saturated heterocycles. The third-order valence-corrected chi connectivity index (χ3v) is 7.39. The van der Waals surface area contributed by atoms with E-state index in [1.54, 1.807) is 23.9 Å². The molecule has 1 aliphatic heterocycles. The van der Waals surface area contributed by atoms with E-state index < -0.39 is 10.0 Å². The molecule has 0 unspecified atom stereocenters. The minimum absolute atomic E-state index is 0.0257. The molecule has 0 atom stereocenters. The molecule has 118 valence electrons. The van der Waals surface area contributed by atoms with E-state index in [1.165, 1.54) is 5.56 Å². The van der Waals surface area contributed by atoms with Crippen LogP contribution in [0.15, 0.2) is 23.1 Å². The standard InChI is InChI=1S/C15H24N2O2S2/c1-4-15(5-2,20-3)11-17-21(18,19)13-7-6-12-8-9-16-14(12)10-13/h6-7,10,16-17H,4-5,8-9,11H2,1-3H3. The SMILES string of the molecule is CCC(CC)(CNS(=O)(=O)c1ccc2c(c1)NCC2)SC. The predicted molar refractivity (Wildman–Crippen MR) is 90.7 cm³/mol. The maximum Gasteiger partial charge on any atom is 0.240 e. The van der Waals surface area contributed by atoms with Gasteiger partial charge in [0.05, 0.1) is 4.90 Å². The molecule has 0 saturated carbocycles. The second-order valence-electron chi connectivity index (χ2n) is 5.41. The Balaban J connectivity index is 2.15. The number of fused-ring (bicyclic) bond motifs is 1. The van der Waals surface area contributed by atoms with Crippen molar-refractivity contribution >= 4 is 27.5 Å². The van der Waals surface area contributed by atoms with E-state index in [0.717, 1.165) is 31.5 Å². The molecule has 2 rings (SSSR count). The van der Waals surface area contributed by atoms with Gasteiger partial charge in [0.25, 0.3) is 0 Å². The largest absolute Gasteiger partial charge is 0.384 e.